The number of ether oxygens (including phenoxy) is 1. The molecule has 0 saturated heterocycles. The number of nitrogens with two attached hydrogens (primary N) is 1. The fourth-order valence-corrected chi connectivity index (χ4v) is 3.80. The van der Waals surface area contributed by atoms with Gasteiger partial charge in [-0.25, -0.2) is 0 Å². The molecule has 162 valence electrons. The van der Waals surface area contributed by atoms with Gasteiger partial charge in [0.1, 0.15) is 5.75 Å². The second-order valence-corrected chi connectivity index (χ2v) is 7.20. The largest absolute Gasteiger partial charge is 0.573 e. The third kappa shape index (κ3) is 5.08. The molecule has 0 fully saturated rings. The maximum Gasteiger partial charge on any atom is 0.573 e. The number of alkyl halides is 3. The van der Waals surface area contributed by atoms with Gasteiger partial charge >= 0.3 is 6.36 Å². The number of rotatable bonds is 9. The van der Waals surface area contributed by atoms with Crippen molar-refractivity contribution >= 4 is 16.6 Å². The minimum absolute atomic E-state index is 0.211. The lowest BCUT2D eigenvalue weighted by Gasteiger charge is -2.21. The maximum absolute atomic E-state index is 12.7. The number of nitrogens with zero attached hydrogens (tertiary/aromatic N) is 1. The first-order valence-corrected chi connectivity index (χ1v) is 10.3. The summed E-state index contributed by atoms with van der Waals surface area (Å²) in [5.74, 6) is -0.211. The molecule has 0 aliphatic rings. The van der Waals surface area contributed by atoms with Crippen LogP contribution in [0.15, 0.2) is 42.5 Å². The molecule has 4 nitrogen and oxygen atoms in total. The molecule has 1 heterocycles. The fraction of sp³-hybridized carbons (Fsp3) is 0.391. The van der Waals surface area contributed by atoms with E-state index in [-0.39, 0.29) is 5.75 Å². The highest BCUT2D eigenvalue weighted by molar-refractivity contribution is 5.92. The molecule has 0 amide bonds. The number of H-pyrrole nitrogens is 1. The van der Waals surface area contributed by atoms with Crippen molar-refractivity contribution in [3.63, 3.8) is 0 Å². The average Bonchev–Trinajstić information content (AvgIpc) is 3.06. The van der Waals surface area contributed by atoms with Crippen LogP contribution in [0.3, 0.4) is 0 Å². The van der Waals surface area contributed by atoms with Gasteiger partial charge in [-0.2, -0.15) is 0 Å². The molecule has 0 atom stereocenters. The molecule has 1 aromatic heterocycles. The number of halogens is 3. The Bertz CT molecular complexity index is 960. The summed E-state index contributed by atoms with van der Waals surface area (Å²) in [5, 5.41) is 0.747. The van der Waals surface area contributed by atoms with Crippen LogP contribution in [-0.4, -0.2) is 31.0 Å². The second-order valence-electron chi connectivity index (χ2n) is 7.20. The minimum atomic E-state index is -4.72. The van der Waals surface area contributed by atoms with Gasteiger partial charge in [-0.15, -0.1) is 13.2 Å². The second kappa shape index (κ2) is 9.43. The predicted octanol–water partition coefficient (Wildman–Crippen LogP) is 5.86. The van der Waals surface area contributed by atoms with Crippen molar-refractivity contribution in [2.24, 2.45) is 5.73 Å². The molecule has 3 rings (SSSR count). The smallest absolute Gasteiger partial charge is 0.406 e. The Morgan fingerprint density at radius 3 is 2.30 bits per heavy atom. The molecule has 7 heteroatoms. The van der Waals surface area contributed by atoms with Crippen LogP contribution in [0.1, 0.15) is 32.3 Å². The summed E-state index contributed by atoms with van der Waals surface area (Å²) in [5.41, 5.74) is 10.5. The molecule has 0 bridgehead atoms. The average molecular weight is 419 g/mol. The molecule has 0 aliphatic carbocycles. The van der Waals surface area contributed by atoms with Crippen molar-refractivity contribution in [3.8, 4) is 17.0 Å². The van der Waals surface area contributed by atoms with Crippen molar-refractivity contribution in [2.45, 2.75) is 39.5 Å². The van der Waals surface area contributed by atoms with E-state index in [2.05, 4.69) is 52.7 Å². The summed E-state index contributed by atoms with van der Waals surface area (Å²) >= 11 is 0. The highest BCUT2D eigenvalue weighted by Crippen LogP contribution is 2.35. The van der Waals surface area contributed by atoms with E-state index in [4.69, 9.17) is 5.73 Å². The van der Waals surface area contributed by atoms with E-state index in [9.17, 15) is 13.2 Å². The van der Waals surface area contributed by atoms with Crippen LogP contribution in [0, 0.1) is 0 Å². The van der Waals surface area contributed by atoms with Gasteiger partial charge < -0.3 is 20.4 Å². The van der Waals surface area contributed by atoms with E-state index in [1.165, 1.54) is 12.1 Å². The van der Waals surface area contributed by atoms with Crippen molar-refractivity contribution in [1.29, 1.82) is 0 Å². The lowest BCUT2D eigenvalue weighted by Crippen LogP contribution is -2.21. The molecule has 2 aromatic carbocycles. The summed E-state index contributed by atoms with van der Waals surface area (Å²) in [7, 11) is 0. The van der Waals surface area contributed by atoms with Crippen molar-refractivity contribution < 1.29 is 17.9 Å². The molecule has 3 N–H and O–H groups in total. The van der Waals surface area contributed by atoms with Crippen molar-refractivity contribution in [1.82, 2.24) is 4.98 Å². The van der Waals surface area contributed by atoms with E-state index < -0.39 is 6.36 Å². The quantitative estimate of drug-likeness (QED) is 0.427. The number of anilines is 1. The standard InChI is InChI=1S/C23H28F3N3O/c1-3-29(4-2)17-10-8-16(9-11-17)22-19(7-5-6-14-27)20-15-18(30-23(24,25)26)12-13-21(20)28-22/h8-13,15,28H,3-7,14,27H2,1-2H3. The van der Waals surface area contributed by atoms with Gasteiger partial charge in [0, 0.05) is 35.4 Å². The van der Waals surface area contributed by atoms with Gasteiger partial charge in [-0.05, 0) is 81.1 Å². The Labute approximate surface area is 174 Å². The van der Waals surface area contributed by atoms with E-state index in [0.717, 1.165) is 65.8 Å². The summed E-state index contributed by atoms with van der Waals surface area (Å²) in [6, 6.07) is 12.7. The molecule has 0 aliphatic heterocycles. The first-order valence-electron chi connectivity index (χ1n) is 10.3. The van der Waals surface area contributed by atoms with Crippen molar-refractivity contribution in [2.75, 3.05) is 24.5 Å². The highest BCUT2D eigenvalue weighted by atomic mass is 19.4. The van der Waals surface area contributed by atoms with Gasteiger partial charge in [0.05, 0.1) is 0 Å². The number of nitrogens with one attached hydrogen (secondary N) is 1. The zero-order chi connectivity index (χ0) is 21.7. The van der Waals surface area contributed by atoms with Crippen LogP contribution >= 0.6 is 0 Å². The van der Waals surface area contributed by atoms with E-state index in [1.54, 1.807) is 6.07 Å². The predicted molar refractivity (Wildman–Crippen MR) is 116 cm³/mol. The summed E-state index contributed by atoms with van der Waals surface area (Å²) in [6.45, 7) is 6.66. The lowest BCUT2D eigenvalue weighted by atomic mass is 10.00. The number of fused-ring (bicyclic) bond motifs is 1. The number of benzene rings is 2. The number of hydrogen-bond donors (Lipinski definition) is 2. The number of aromatic amines is 1. The van der Waals surface area contributed by atoms with Crippen LogP contribution in [0.4, 0.5) is 18.9 Å². The lowest BCUT2D eigenvalue weighted by molar-refractivity contribution is -0.274. The maximum atomic E-state index is 12.7. The molecule has 0 saturated carbocycles. The highest BCUT2D eigenvalue weighted by Gasteiger charge is 2.31. The van der Waals surface area contributed by atoms with Crippen LogP contribution in [-0.2, 0) is 6.42 Å². The Hall–Kier alpha value is -2.67. The summed E-state index contributed by atoms with van der Waals surface area (Å²) in [6.07, 6.45) is -2.28. The summed E-state index contributed by atoms with van der Waals surface area (Å²) < 4.78 is 42.2. The third-order valence-corrected chi connectivity index (χ3v) is 5.28. The Kier molecular flexibility index (Phi) is 6.92. The number of aromatic nitrogens is 1. The van der Waals surface area contributed by atoms with Gasteiger partial charge in [-0.3, -0.25) is 0 Å². The minimum Gasteiger partial charge on any atom is -0.406 e. The third-order valence-electron chi connectivity index (χ3n) is 5.28. The molecule has 0 unspecified atom stereocenters. The van der Waals surface area contributed by atoms with E-state index in [1.807, 2.05) is 0 Å². The first kappa shape index (κ1) is 22.0. The van der Waals surface area contributed by atoms with Crippen LogP contribution in [0.25, 0.3) is 22.2 Å². The van der Waals surface area contributed by atoms with Gasteiger partial charge in [0.25, 0.3) is 0 Å². The molecular weight excluding hydrogens is 391 g/mol. The molecule has 0 spiro atoms. The number of unbranched alkanes of at least 4 members (excludes halogenated alkanes) is 1. The summed E-state index contributed by atoms with van der Waals surface area (Å²) in [4.78, 5) is 5.65. The van der Waals surface area contributed by atoms with Crippen LogP contribution < -0.4 is 15.4 Å². The topological polar surface area (TPSA) is 54.3 Å². The normalized spacial score (nSPS) is 11.8. The van der Waals surface area contributed by atoms with Crippen LogP contribution in [0.5, 0.6) is 5.75 Å². The van der Waals surface area contributed by atoms with E-state index in [0.29, 0.717) is 6.54 Å². The molecule has 30 heavy (non-hydrogen) atoms. The Balaban J connectivity index is 2.02. The molecular formula is C23H28F3N3O. The SMILES string of the molecule is CCN(CC)c1ccc(-c2[nH]c3ccc(OC(F)(F)F)cc3c2CCCCN)cc1. The fourth-order valence-electron chi connectivity index (χ4n) is 3.80. The molecule has 0 radical (unpaired) electrons. The zero-order valence-corrected chi connectivity index (χ0v) is 17.4. The van der Waals surface area contributed by atoms with E-state index >= 15 is 0 Å². The number of hydrogen-bond acceptors (Lipinski definition) is 3. The van der Waals surface area contributed by atoms with Gasteiger partial charge in [0.2, 0.25) is 0 Å². The number of aryl methyl sites for hydroxylation is 1. The van der Waals surface area contributed by atoms with Crippen molar-refractivity contribution in [3.05, 3.63) is 48.0 Å². The zero-order valence-electron chi connectivity index (χ0n) is 17.4. The van der Waals surface area contributed by atoms with Gasteiger partial charge in [-0.1, -0.05) is 12.1 Å². The van der Waals surface area contributed by atoms with Gasteiger partial charge in [0.15, 0.2) is 0 Å². The van der Waals surface area contributed by atoms with Crippen LogP contribution in [0.2, 0.25) is 0 Å². The molecule has 3 aromatic rings. The Morgan fingerprint density at radius 2 is 1.70 bits per heavy atom. The Morgan fingerprint density at radius 1 is 1.00 bits per heavy atom. The monoisotopic (exact) mass is 419 g/mol. The first-order chi connectivity index (χ1) is 14.4.